The second-order valence-corrected chi connectivity index (χ2v) is 7.55. The van der Waals surface area contributed by atoms with Gasteiger partial charge >= 0.3 is 18.3 Å². The second-order valence-electron chi connectivity index (χ2n) is 7.14. The molecule has 0 aliphatic heterocycles. The molecule has 11 heteroatoms. The van der Waals surface area contributed by atoms with Crippen LogP contribution in [0.15, 0.2) is 30.3 Å². The van der Waals surface area contributed by atoms with E-state index in [9.17, 15) is 36.2 Å². The molecule has 1 heterocycles. The van der Waals surface area contributed by atoms with Crippen LogP contribution in [-0.2, 0) is 30.1 Å². The van der Waals surface area contributed by atoms with Crippen LogP contribution in [0.5, 0.6) is 5.75 Å². The Kier molecular flexibility index (Phi) is 6.12. The number of rotatable bonds is 5. The van der Waals surface area contributed by atoms with Crippen LogP contribution in [0.2, 0.25) is 5.02 Å². The maximum Gasteiger partial charge on any atom is 0.416 e. The number of carboxylic acid groups (broad SMARTS) is 1. The Labute approximate surface area is 183 Å². The van der Waals surface area contributed by atoms with Crippen molar-refractivity contribution in [2.24, 2.45) is 0 Å². The van der Waals surface area contributed by atoms with Crippen LogP contribution in [0.4, 0.5) is 26.3 Å². The van der Waals surface area contributed by atoms with Gasteiger partial charge in [0.25, 0.3) is 0 Å². The van der Waals surface area contributed by atoms with Crippen molar-refractivity contribution in [1.82, 2.24) is 4.57 Å². The molecule has 0 unspecified atom stereocenters. The smallest absolute Gasteiger partial charge is 0.416 e. The van der Waals surface area contributed by atoms with E-state index in [2.05, 4.69) is 0 Å². The molecule has 0 amide bonds. The van der Waals surface area contributed by atoms with E-state index >= 15 is 0 Å². The summed E-state index contributed by atoms with van der Waals surface area (Å²) in [6, 6.07) is 4.27. The molecule has 0 atom stereocenters. The summed E-state index contributed by atoms with van der Waals surface area (Å²) in [5, 5.41) is 9.84. The molecule has 0 aliphatic rings. The molecule has 3 aromatic rings. The van der Waals surface area contributed by atoms with Gasteiger partial charge in [0, 0.05) is 17.6 Å². The molecule has 0 saturated carbocycles. The van der Waals surface area contributed by atoms with E-state index in [0.717, 1.165) is 0 Å². The Hall–Kier alpha value is -2.88. The van der Waals surface area contributed by atoms with Crippen molar-refractivity contribution in [3.63, 3.8) is 0 Å². The van der Waals surface area contributed by atoms with Crippen molar-refractivity contribution < 1.29 is 41.0 Å². The summed E-state index contributed by atoms with van der Waals surface area (Å²) in [5.74, 6) is -0.902. The predicted octanol–water partition coefficient (Wildman–Crippen LogP) is 6.32. The Morgan fingerprint density at radius 1 is 1.03 bits per heavy atom. The summed E-state index contributed by atoms with van der Waals surface area (Å²) in [7, 11) is 1.36. The number of alkyl halides is 6. The number of carboxylic acids is 1. The monoisotopic (exact) mass is 479 g/mol. The van der Waals surface area contributed by atoms with Crippen LogP contribution in [-0.4, -0.2) is 22.8 Å². The number of halogens is 7. The Morgan fingerprint density at radius 2 is 1.59 bits per heavy atom. The van der Waals surface area contributed by atoms with E-state index in [-0.39, 0.29) is 28.9 Å². The van der Waals surface area contributed by atoms with Gasteiger partial charge in [0.2, 0.25) is 0 Å². The van der Waals surface area contributed by atoms with Crippen LogP contribution in [0.3, 0.4) is 0 Å². The zero-order valence-electron chi connectivity index (χ0n) is 16.7. The highest BCUT2D eigenvalue weighted by molar-refractivity contribution is 6.32. The van der Waals surface area contributed by atoms with E-state index < -0.39 is 35.9 Å². The third kappa shape index (κ3) is 4.64. The van der Waals surface area contributed by atoms with Crippen LogP contribution in [0, 0.1) is 6.92 Å². The third-order valence-electron chi connectivity index (χ3n) is 5.04. The maximum atomic E-state index is 13.2. The number of nitrogens with zero attached hydrogens (tertiary/aromatic N) is 1. The molecule has 32 heavy (non-hydrogen) atoms. The fraction of sp³-hybridized carbons (Fsp3) is 0.286. The minimum Gasteiger partial charge on any atom is -0.495 e. The first-order valence-electron chi connectivity index (χ1n) is 9.07. The number of hydrogen-bond donors (Lipinski definition) is 1. The first-order chi connectivity index (χ1) is 14.7. The maximum absolute atomic E-state index is 13.2. The van der Waals surface area contributed by atoms with Crippen molar-refractivity contribution in [2.45, 2.75) is 32.2 Å². The van der Waals surface area contributed by atoms with Gasteiger partial charge in [0.15, 0.2) is 0 Å². The van der Waals surface area contributed by atoms with E-state index in [4.69, 9.17) is 16.3 Å². The zero-order chi connectivity index (χ0) is 24.0. The van der Waals surface area contributed by atoms with Crippen molar-refractivity contribution in [3.05, 3.63) is 63.3 Å². The van der Waals surface area contributed by atoms with Gasteiger partial charge in [0.05, 0.1) is 35.2 Å². The summed E-state index contributed by atoms with van der Waals surface area (Å²) >= 11 is 6.16. The Morgan fingerprint density at radius 3 is 2.06 bits per heavy atom. The number of carbonyl (C=O) groups is 1. The van der Waals surface area contributed by atoms with Crippen molar-refractivity contribution >= 4 is 28.5 Å². The van der Waals surface area contributed by atoms with Gasteiger partial charge < -0.3 is 14.4 Å². The van der Waals surface area contributed by atoms with Crippen LogP contribution >= 0.6 is 11.6 Å². The highest BCUT2D eigenvalue weighted by Gasteiger charge is 2.37. The SMILES string of the molecule is COc1cc2c(CC(=O)O)c(C)n(Cc3cc(C(F)(F)F)cc(C(F)(F)F)c3)c2cc1Cl. The number of fused-ring (bicyclic) bond motifs is 1. The van der Waals surface area contributed by atoms with Gasteiger partial charge in [-0.1, -0.05) is 11.6 Å². The predicted molar refractivity (Wildman–Crippen MR) is 105 cm³/mol. The van der Waals surface area contributed by atoms with Crippen molar-refractivity contribution in [2.75, 3.05) is 7.11 Å². The fourth-order valence-electron chi connectivity index (χ4n) is 3.57. The largest absolute Gasteiger partial charge is 0.495 e. The highest BCUT2D eigenvalue weighted by Crippen LogP contribution is 2.38. The number of aromatic nitrogens is 1. The molecular weight excluding hydrogens is 464 g/mol. The number of hydrogen-bond acceptors (Lipinski definition) is 2. The molecule has 3 rings (SSSR count). The second kappa shape index (κ2) is 8.23. The number of aliphatic carboxylic acids is 1. The molecule has 2 aromatic carbocycles. The molecule has 1 N–H and O–H groups in total. The minimum atomic E-state index is -4.98. The standard InChI is InChI=1S/C21H16ClF6NO3/c1-10-14(7-19(30)31)15-6-18(32-2)16(22)8-17(15)29(10)9-11-3-12(20(23,24)25)5-13(4-11)21(26,27)28/h3-6,8H,7,9H2,1-2H3,(H,30,31). The first kappa shape index (κ1) is 23.8. The lowest BCUT2D eigenvalue weighted by Gasteiger charge is -2.16. The lowest BCUT2D eigenvalue weighted by molar-refractivity contribution is -0.143. The Bertz CT molecular complexity index is 1160. The molecule has 0 spiro atoms. The van der Waals surface area contributed by atoms with Gasteiger partial charge in [-0.05, 0) is 48.4 Å². The number of benzene rings is 2. The first-order valence-corrected chi connectivity index (χ1v) is 9.45. The van der Waals surface area contributed by atoms with E-state index in [1.807, 2.05) is 0 Å². The van der Waals surface area contributed by atoms with Crippen LogP contribution < -0.4 is 4.74 Å². The molecule has 0 aliphatic carbocycles. The highest BCUT2D eigenvalue weighted by atomic mass is 35.5. The Balaban J connectivity index is 2.24. The minimum absolute atomic E-state index is 0.0573. The van der Waals surface area contributed by atoms with Gasteiger partial charge in [-0.25, -0.2) is 0 Å². The summed E-state index contributed by atoms with van der Waals surface area (Å²) < 4.78 is 85.9. The van der Waals surface area contributed by atoms with Gasteiger partial charge in [0.1, 0.15) is 5.75 Å². The normalized spacial score (nSPS) is 12.4. The number of methoxy groups -OCH3 is 1. The van der Waals surface area contributed by atoms with Crippen LogP contribution in [0.1, 0.15) is 27.9 Å². The zero-order valence-corrected chi connectivity index (χ0v) is 17.4. The molecule has 172 valence electrons. The topological polar surface area (TPSA) is 51.5 Å². The molecule has 0 fully saturated rings. The number of ether oxygens (including phenoxy) is 1. The lowest BCUT2D eigenvalue weighted by Crippen LogP contribution is -2.13. The molecular formula is C21H16ClF6NO3. The van der Waals surface area contributed by atoms with E-state index in [1.165, 1.54) is 30.7 Å². The average molecular weight is 480 g/mol. The molecule has 0 bridgehead atoms. The summed E-state index contributed by atoms with van der Waals surface area (Å²) in [4.78, 5) is 11.3. The quantitative estimate of drug-likeness (QED) is 0.435. The van der Waals surface area contributed by atoms with E-state index in [0.29, 0.717) is 34.3 Å². The van der Waals surface area contributed by atoms with Crippen LogP contribution in [0.25, 0.3) is 10.9 Å². The third-order valence-corrected chi connectivity index (χ3v) is 5.34. The molecule has 0 saturated heterocycles. The molecule has 1 aromatic heterocycles. The summed E-state index contributed by atoms with van der Waals surface area (Å²) in [5.41, 5.74) is -2.02. The van der Waals surface area contributed by atoms with Gasteiger partial charge in [-0.15, -0.1) is 0 Å². The molecule has 0 radical (unpaired) electrons. The summed E-state index contributed by atoms with van der Waals surface area (Å²) in [6.45, 7) is 1.18. The average Bonchev–Trinajstić information content (AvgIpc) is 2.90. The van der Waals surface area contributed by atoms with Crippen molar-refractivity contribution in [3.8, 4) is 5.75 Å². The van der Waals surface area contributed by atoms with Gasteiger partial charge in [-0.3, -0.25) is 4.79 Å². The lowest BCUT2D eigenvalue weighted by atomic mass is 10.0. The summed E-state index contributed by atoms with van der Waals surface area (Å²) in [6.07, 6.45) is -10.4. The molecule has 4 nitrogen and oxygen atoms in total. The van der Waals surface area contributed by atoms with E-state index in [1.54, 1.807) is 0 Å². The van der Waals surface area contributed by atoms with Crippen molar-refractivity contribution in [1.29, 1.82) is 0 Å². The van der Waals surface area contributed by atoms with Gasteiger partial charge in [-0.2, -0.15) is 26.3 Å². The fourth-order valence-corrected chi connectivity index (χ4v) is 3.81.